The van der Waals surface area contributed by atoms with Gasteiger partial charge in [0.05, 0.1) is 12.2 Å². The number of likely N-dealkylation sites (tertiary alicyclic amines) is 1. The van der Waals surface area contributed by atoms with Gasteiger partial charge in [0, 0.05) is 42.0 Å². The molecule has 12 heteroatoms. The number of rotatable bonds is 6. The summed E-state index contributed by atoms with van der Waals surface area (Å²) in [6.07, 6.45) is 4.86. The molecular weight excluding hydrogens is 630 g/mol. The maximum Gasteiger partial charge on any atom is 0.377 e. The number of carbonyl (C=O) groups is 1. The van der Waals surface area contributed by atoms with Crippen molar-refractivity contribution in [3.8, 4) is 11.5 Å². The number of hydrogen-bond acceptors (Lipinski definition) is 11. The Labute approximate surface area is 281 Å². The number of esters is 1. The van der Waals surface area contributed by atoms with Crippen LogP contribution in [0, 0.1) is 22.7 Å². The van der Waals surface area contributed by atoms with Crippen LogP contribution in [0.2, 0.25) is 0 Å². The van der Waals surface area contributed by atoms with E-state index < -0.39 is 47.5 Å². The van der Waals surface area contributed by atoms with Crippen molar-refractivity contribution in [1.29, 1.82) is 0 Å². The summed E-state index contributed by atoms with van der Waals surface area (Å²) in [6, 6.07) is 4.46. The van der Waals surface area contributed by atoms with Gasteiger partial charge in [-0.05, 0) is 81.4 Å². The Kier molecular flexibility index (Phi) is 8.18. The average Bonchev–Trinajstić information content (AvgIpc) is 3.71. The summed E-state index contributed by atoms with van der Waals surface area (Å²) in [5.74, 6) is -0.976. The Balaban J connectivity index is 0.000000254. The zero-order valence-corrected chi connectivity index (χ0v) is 28.7. The molecule has 47 heavy (non-hydrogen) atoms. The largest absolute Gasteiger partial charge is 0.505 e. The first kappa shape index (κ1) is 34.6. The monoisotopic (exact) mass is 679 g/mol. The number of aliphatic hydroxyl groups is 5. The lowest BCUT2D eigenvalue weighted by molar-refractivity contribution is -0.312. The van der Waals surface area contributed by atoms with Crippen LogP contribution in [0.5, 0.6) is 11.5 Å². The van der Waals surface area contributed by atoms with E-state index in [9.17, 15) is 15.0 Å². The van der Waals surface area contributed by atoms with Gasteiger partial charge >= 0.3 is 5.97 Å². The molecule has 4 saturated carbocycles. The lowest BCUT2D eigenvalue weighted by Crippen LogP contribution is -2.83. The smallest absolute Gasteiger partial charge is 0.377 e. The highest BCUT2D eigenvalue weighted by Crippen LogP contribution is 2.78. The van der Waals surface area contributed by atoms with Gasteiger partial charge in [0.1, 0.15) is 17.8 Å². The molecule has 9 rings (SSSR count). The number of nitrogens with zero attached hydrogens (tertiary/aromatic N) is 1. The number of piperidine rings is 1. The van der Waals surface area contributed by atoms with Crippen LogP contribution in [0.1, 0.15) is 77.3 Å². The second kappa shape index (κ2) is 11.1. The number of phenols is 1. The van der Waals surface area contributed by atoms with Gasteiger partial charge in [-0.25, -0.2) is 4.79 Å². The first-order chi connectivity index (χ1) is 21.6. The zero-order valence-electron chi connectivity index (χ0n) is 27.9. The SMILES string of the molecule is COC12CCC3(C[C@@H]1[C@](C)(O)C(C)(C)C)[C@H]1Cc4ccc(O)c5c4[C@@]3(CCN1CC1CC1)[C@H]2O5.Cl.O=C1O[C@H]([C@@H](O)CO)C(O)=C1O. The standard InChI is InChI=1S/C29H41NO4.C6H8O6.ClH/c1-25(2,3)26(4,32)20-15-27-10-11-29(20,33-5)24-28(27)12-13-30(16-17-6-7-17)21(27)14-18-8-9-19(31)23(34-24)22(18)28;7-1-2(8)5-3(9)4(10)6(11)12-5;/h8-9,17,20-21,24,31-32H,6-7,10-16H2,1-5H3;2,5,7-10H,1H2;1H/t20-,21-,24-,26+,27?,28+,29?;2-,5+;/m10./s1. The third-order valence-corrected chi connectivity index (χ3v) is 13.3. The second-order valence-corrected chi connectivity index (χ2v) is 16.1. The van der Waals surface area contributed by atoms with Crippen LogP contribution in [0.25, 0.3) is 0 Å². The molecule has 2 unspecified atom stereocenters. The summed E-state index contributed by atoms with van der Waals surface area (Å²) in [6.45, 7) is 10.1. The molecule has 1 saturated heterocycles. The molecule has 1 aromatic rings. The topological polar surface area (TPSA) is 169 Å². The van der Waals surface area contributed by atoms with Crippen LogP contribution < -0.4 is 4.74 Å². The highest BCUT2D eigenvalue weighted by molar-refractivity contribution is 5.89. The molecule has 5 aliphatic carbocycles. The number of ether oxygens (including phenoxy) is 3. The maximum absolute atomic E-state index is 12.2. The Morgan fingerprint density at radius 1 is 1.09 bits per heavy atom. The molecule has 11 nitrogen and oxygen atoms in total. The summed E-state index contributed by atoms with van der Waals surface area (Å²) < 4.78 is 17.8. The van der Waals surface area contributed by atoms with Gasteiger partial charge in [-0.1, -0.05) is 26.8 Å². The molecule has 6 N–H and O–H groups in total. The number of fused-ring (bicyclic) bond motifs is 2. The number of benzene rings is 1. The molecule has 262 valence electrons. The lowest BCUT2D eigenvalue weighted by atomic mass is 9.33. The van der Waals surface area contributed by atoms with Gasteiger partial charge in [0.25, 0.3) is 0 Å². The first-order valence-electron chi connectivity index (χ1n) is 16.7. The Hall–Kier alpha value is -2.28. The summed E-state index contributed by atoms with van der Waals surface area (Å²) in [7, 11) is 1.83. The first-order valence-corrected chi connectivity index (χ1v) is 16.7. The van der Waals surface area contributed by atoms with Crippen molar-refractivity contribution in [3.63, 3.8) is 0 Å². The third-order valence-electron chi connectivity index (χ3n) is 13.3. The molecule has 9 atom stereocenters. The van der Waals surface area contributed by atoms with E-state index in [2.05, 4.69) is 36.5 Å². The zero-order chi connectivity index (χ0) is 33.2. The van der Waals surface area contributed by atoms with Crippen molar-refractivity contribution in [1.82, 2.24) is 4.90 Å². The minimum absolute atomic E-state index is 0. The van der Waals surface area contributed by atoms with E-state index in [0.717, 1.165) is 44.6 Å². The van der Waals surface area contributed by atoms with E-state index in [-0.39, 0.29) is 46.4 Å². The molecular formula is C35H50ClNO10. The van der Waals surface area contributed by atoms with Crippen molar-refractivity contribution in [2.45, 2.75) is 114 Å². The van der Waals surface area contributed by atoms with Crippen LogP contribution in [0.4, 0.5) is 0 Å². The summed E-state index contributed by atoms with van der Waals surface area (Å²) in [4.78, 5) is 13.4. The number of hydrogen-bond donors (Lipinski definition) is 6. The van der Waals surface area contributed by atoms with Gasteiger partial charge in [0.15, 0.2) is 23.4 Å². The van der Waals surface area contributed by atoms with Crippen molar-refractivity contribution in [2.75, 3.05) is 26.8 Å². The fourth-order valence-electron chi connectivity index (χ4n) is 10.4. The lowest BCUT2D eigenvalue weighted by Gasteiger charge is -2.75. The summed E-state index contributed by atoms with van der Waals surface area (Å²) >= 11 is 0. The van der Waals surface area contributed by atoms with Gasteiger partial charge in [0.2, 0.25) is 5.76 Å². The normalized spacial score (nSPS) is 38.3. The van der Waals surface area contributed by atoms with E-state index in [1.54, 1.807) is 0 Å². The van der Waals surface area contributed by atoms with E-state index in [1.807, 2.05) is 20.1 Å². The molecule has 1 aromatic carbocycles. The number of aliphatic hydroxyl groups excluding tert-OH is 4. The molecule has 4 bridgehead atoms. The van der Waals surface area contributed by atoms with Crippen molar-refractivity contribution in [2.24, 2.45) is 22.7 Å². The molecule has 3 aliphatic heterocycles. The Bertz CT molecular complexity index is 1470. The molecule has 0 aromatic heterocycles. The van der Waals surface area contributed by atoms with Crippen molar-refractivity contribution >= 4 is 18.4 Å². The number of cyclic esters (lactones) is 1. The number of phenolic OH excluding ortho intramolecular Hbond substituents is 1. The fourth-order valence-corrected chi connectivity index (χ4v) is 10.4. The van der Waals surface area contributed by atoms with Crippen LogP contribution in [0.3, 0.4) is 0 Å². The van der Waals surface area contributed by atoms with Crippen molar-refractivity contribution in [3.05, 3.63) is 34.8 Å². The second-order valence-electron chi connectivity index (χ2n) is 16.1. The minimum atomic E-state index is -1.42. The number of halogens is 1. The Morgan fingerprint density at radius 2 is 1.79 bits per heavy atom. The van der Waals surface area contributed by atoms with Crippen molar-refractivity contribution < 1.29 is 49.6 Å². The van der Waals surface area contributed by atoms with E-state index in [4.69, 9.17) is 29.9 Å². The molecule has 0 amide bonds. The van der Waals surface area contributed by atoms with Crippen LogP contribution in [-0.2, 0) is 26.1 Å². The van der Waals surface area contributed by atoms with Gasteiger partial charge in [-0.3, -0.25) is 4.90 Å². The summed E-state index contributed by atoms with van der Waals surface area (Å²) in [5, 5.41) is 58.2. The van der Waals surface area contributed by atoms with E-state index >= 15 is 0 Å². The maximum atomic E-state index is 12.2. The molecule has 0 radical (unpaired) electrons. The highest BCUT2D eigenvalue weighted by atomic mass is 35.5. The number of methoxy groups -OCH3 is 1. The van der Waals surface area contributed by atoms with Crippen LogP contribution >= 0.6 is 12.4 Å². The van der Waals surface area contributed by atoms with Gasteiger partial charge in [-0.15, -0.1) is 12.4 Å². The van der Waals surface area contributed by atoms with E-state index in [0.29, 0.717) is 11.8 Å². The molecule has 3 heterocycles. The predicted molar refractivity (Wildman–Crippen MR) is 173 cm³/mol. The number of carbonyl (C=O) groups excluding carboxylic acids is 1. The molecule has 8 aliphatic rings. The molecule has 5 fully saturated rings. The van der Waals surface area contributed by atoms with Crippen LogP contribution in [0.15, 0.2) is 23.7 Å². The Morgan fingerprint density at radius 3 is 2.36 bits per heavy atom. The summed E-state index contributed by atoms with van der Waals surface area (Å²) in [5.41, 5.74) is 0.783. The average molecular weight is 680 g/mol. The minimum Gasteiger partial charge on any atom is -0.505 e. The molecule has 2 spiro atoms. The predicted octanol–water partition coefficient (Wildman–Crippen LogP) is 3.43. The third kappa shape index (κ3) is 4.45. The van der Waals surface area contributed by atoms with Crippen LogP contribution in [-0.4, -0.2) is 104 Å². The van der Waals surface area contributed by atoms with E-state index in [1.165, 1.54) is 30.5 Å². The van der Waals surface area contributed by atoms with Gasteiger partial charge < -0.3 is 44.8 Å². The fraction of sp³-hybridized carbons (Fsp3) is 0.743. The number of aromatic hydroxyl groups is 1. The highest BCUT2D eigenvalue weighted by Gasteiger charge is 2.82. The quantitative estimate of drug-likeness (QED) is 0.244. The van der Waals surface area contributed by atoms with Gasteiger partial charge in [-0.2, -0.15) is 0 Å².